The lowest BCUT2D eigenvalue weighted by atomic mass is 9.88. The predicted octanol–water partition coefficient (Wildman–Crippen LogP) is 7.74. The number of likely N-dealkylation sites (tertiary alicyclic amines) is 2. The van der Waals surface area contributed by atoms with Crippen LogP contribution in [0.25, 0.3) is 21.9 Å². The van der Waals surface area contributed by atoms with Gasteiger partial charge >= 0.3 is 0 Å². The highest BCUT2D eigenvalue weighted by Gasteiger charge is 2.27. The lowest BCUT2D eigenvalue weighted by molar-refractivity contribution is 0.250. The van der Waals surface area contributed by atoms with E-state index >= 15 is 0 Å². The fourth-order valence-corrected chi connectivity index (χ4v) is 6.80. The monoisotopic (exact) mass is 544 g/mol. The van der Waals surface area contributed by atoms with Crippen LogP contribution in [0.1, 0.15) is 93.4 Å². The van der Waals surface area contributed by atoms with Crippen molar-refractivity contribution in [3.8, 4) is 0 Å². The molecule has 6 nitrogen and oxygen atoms in total. The van der Waals surface area contributed by atoms with E-state index < -0.39 is 0 Å². The zero-order chi connectivity index (χ0) is 28.9. The van der Waals surface area contributed by atoms with Crippen LogP contribution in [-0.4, -0.2) is 60.4 Å². The number of fused-ring (bicyclic) bond motifs is 2. The Labute approximate surface area is 240 Å². The standard InChI is InChI=1S/2C17H24N2O/c2*1-10-11(2)13(4)17-15(12(10)3)16(18-20-17)14-6-8-19(5)9-7-14/h2*14H,6-9H2,1-5H3. The van der Waals surface area contributed by atoms with Crippen molar-refractivity contribution in [1.29, 1.82) is 0 Å². The fraction of sp³-hybridized carbons (Fsp3) is 0.588. The molecule has 6 rings (SSSR count). The highest BCUT2D eigenvalue weighted by molar-refractivity contribution is 5.89. The number of hydrogen-bond donors (Lipinski definition) is 0. The highest BCUT2D eigenvalue weighted by atomic mass is 16.5. The molecule has 2 aromatic heterocycles. The van der Waals surface area contributed by atoms with Crippen LogP contribution in [0.3, 0.4) is 0 Å². The lowest BCUT2D eigenvalue weighted by Gasteiger charge is -2.28. The van der Waals surface area contributed by atoms with E-state index in [1.807, 2.05) is 0 Å². The molecule has 216 valence electrons. The summed E-state index contributed by atoms with van der Waals surface area (Å²) in [6.45, 7) is 22.1. The molecule has 0 unspecified atom stereocenters. The average molecular weight is 545 g/mol. The predicted molar refractivity (Wildman–Crippen MR) is 165 cm³/mol. The summed E-state index contributed by atoms with van der Waals surface area (Å²) in [4.78, 5) is 4.79. The Hall–Kier alpha value is -2.70. The quantitative estimate of drug-likeness (QED) is 0.257. The van der Waals surface area contributed by atoms with E-state index in [9.17, 15) is 0 Å². The summed E-state index contributed by atoms with van der Waals surface area (Å²) >= 11 is 0. The Morgan fingerprint density at radius 3 is 1.10 bits per heavy atom. The van der Waals surface area contributed by atoms with E-state index in [0.29, 0.717) is 11.8 Å². The third-order valence-corrected chi connectivity index (χ3v) is 10.5. The van der Waals surface area contributed by atoms with Crippen LogP contribution >= 0.6 is 0 Å². The molecule has 2 aliphatic heterocycles. The number of aromatic nitrogens is 2. The minimum absolute atomic E-state index is 0.549. The van der Waals surface area contributed by atoms with Crippen molar-refractivity contribution in [3.63, 3.8) is 0 Å². The van der Waals surface area contributed by atoms with E-state index in [4.69, 9.17) is 9.05 Å². The molecule has 2 aliphatic rings. The summed E-state index contributed by atoms with van der Waals surface area (Å²) in [5.41, 5.74) is 15.0. The first-order chi connectivity index (χ1) is 19.0. The summed E-state index contributed by atoms with van der Waals surface area (Å²) in [6, 6.07) is 0. The van der Waals surface area contributed by atoms with E-state index in [-0.39, 0.29) is 0 Å². The second-order valence-electron chi connectivity index (χ2n) is 12.7. The van der Waals surface area contributed by atoms with Gasteiger partial charge in [-0.3, -0.25) is 0 Å². The van der Waals surface area contributed by atoms with Gasteiger partial charge in [0, 0.05) is 22.6 Å². The summed E-state index contributed by atoms with van der Waals surface area (Å²) < 4.78 is 11.4. The van der Waals surface area contributed by atoms with Gasteiger partial charge in [0.2, 0.25) is 0 Å². The van der Waals surface area contributed by atoms with Gasteiger partial charge in [0.25, 0.3) is 0 Å². The fourth-order valence-electron chi connectivity index (χ4n) is 6.80. The number of benzene rings is 2. The molecule has 0 spiro atoms. The van der Waals surface area contributed by atoms with Gasteiger partial charge in [-0.25, -0.2) is 0 Å². The van der Waals surface area contributed by atoms with Gasteiger partial charge < -0.3 is 18.8 Å². The summed E-state index contributed by atoms with van der Waals surface area (Å²) in [5, 5.41) is 11.5. The first-order valence-electron chi connectivity index (χ1n) is 15.1. The summed E-state index contributed by atoms with van der Waals surface area (Å²) in [5.74, 6) is 1.10. The minimum Gasteiger partial charge on any atom is -0.356 e. The van der Waals surface area contributed by atoms with Crippen molar-refractivity contribution in [1.82, 2.24) is 20.1 Å². The molecule has 2 aromatic carbocycles. The highest BCUT2D eigenvalue weighted by Crippen LogP contribution is 2.39. The maximum Gasteiger partial charge on any atom is 0.170 e. The molecule has 0 atom stereocenters. The Morgan fingerprint density at radius 1 is 0.475 bits per heavy atom. The van der Waals surface area contributed by atoms with Crippen molar-refractivity contribution >= 4 is 21.9 Å². The number of piperidine rings is 2. The molecule has 0 amide bonds. The average Bonchev–Trinajstić information content (AvgIpc) is 3.60. The summed E-state index contributed by atoms with van der Waals surface area (Å²) in [7, 11) is 4.39. The first kappa shape index (κ1) is 28.8. The minimum atomic E-state index is 0.549. The smallest absolute Gasteiger partial charge is 0.170 e. The van der Waals surface area contributed by atoms with Crippen LogP contribution in [0, 0.1) is 55.4 Å². The van der Waals surface area contributed by atoms with Gasteiger partial charge in [-0.2, -0.15) is 0 Å². The second kappa shape index (κ2) is 11.3. The van der Waals surface area contributed by atoms with Crippen LogP contribution in [0.4, 0.5) is 0 Å². The zero-order valence-electron chi connectivity index (χ0n) is 26.4. The molecule has 4 heterocycles. The maximum absolute atomic E-state index is 5.71. The van der Waals surface area contributed by atoms with Crippen LogP contribution in [0.5, 0.6) is 0 Å². The van der Waals surface area contributed by atoms with Gasteiger partial charge in [-0.1, -0.05) is 10.3 Å². The van der Waals surface area contributed by atoms with Gasteiger partial charge in [0.1, 0.15) is 0 Å². The van der Waals surface area contributed by atoms with Crippen LogP contribution in [-0.2, 0) is 0 Å². The van der Waals surface area contributed by atoms with Crippen molar-refractivity contribution in [2.24, 2.45) is 0 Å². The molecular weight excluding hydrogens is 496 g/mol. The normalized spacial score (nSPS) is 18.1. The molecule has 0 N–H and O–H groups in total. The number of rotatable bonds is 2. The van der Waals surface area contributed by atoms with Crippen molar-refractivity contribution in [2.75, 3.05) is 40.3 Å². The molecule has 40 heavy (non-hydrogen) atoms. The van der Waals surface area contributed by atoms with Crippen molar-refractivity contribution in [3.05, 3.63) is 55.9 Å². The Bertz CT molecular complexity index is 1410. The van der Waals surface area contributed by atoms with Gasteiger partial charge in [-0.05, 0) is 166 Å². The Balaban J connectivity index is 0.000000161. The van der Waals surface area contributed by atoms with Crippen molar-refractivity contribution in [2.45, 2.75) is 92.9 Å². The third kappa shape index (κ3) is 4.98. The molecule has 0 radical (unpaired) electrons. The maximum atomic E-state index is 5.71. The molecule has 6 heteroatoms. The van der Waals surface area contributed by atoms with E-state index in [1.165, 1.54) is 92.4 Å². The molecule has 2 fully saturated rings. The van der Waals surface area contributed by atoms with Gasteiger partial charge in [0.05, 0.1) is 11.4 Å². The van der Waals surface area contributed by atoms with E-state index in [2.05, 4.69) is 89.6 Å². The third-order valence-electron chi connectivity index (χ3n) is 10.5. The van der Waals surface area contributed by atoms with Crippen LogP contribution in [0.15, 0.2) is 9.05 Å². The number of nitrogens with zero attached hydrogens (tertiary/aromatic N) is 4. The van der Waals surface area contributed by atoms with Gasteiger partial charge in [-0.15, -0.1) is 0 Å². The van der Waals surface area contributed by atoms with E-state index in [0.717, 1.165) is 37.3 Å². The van der Waals surface area contributed by atoms with E-state index in [1.54, 1.807) is 0 Å². The molecule has 0 bridgehead atoms. The molecule has 0 saturated carbocycles. The Morgan fingerprint density at radius 2 is 0.775 bits per heavy atom. The second-order valence-corrected chi connectivity index (χ2v) is 12.7. The topological polar surface area (TPSA) is 58.5 Å². The van der Waals surface area contributed by atoms with Crippen LogP contribution < -0.4 is 0 Å². The first-order valence-corrected chi connectivity index (χ1v) is 15.1. The molecule has 4 aromatic rings. The zero-order valence-corrected chi connectivity index (χ0v) is 26.4. The lowest BCUT2D eigenvalue weighted by Crippen LogP contribution is -2.29. The largest absolute Gasteiger partial charge is 0.356 e. The van der Waals surface area contributed by atoms with Gasteiger partial charge in [0.15, 0.2) is 11.2 Å². The SMILES string of the molecule is Cc1c(C)c(C)c2c(C3CCN(C)CC3)noc2c1C.Cc1c(C)c(C)c2c(C3CCN(C)CC3)noc2c1C. The number of aryl methyl sites for hydroxylation is 4. The van der Waals surface area contributed by atoms with Crippen LogP contribution in [0.2, 0.25) is 0 Å². The summed E-state index contributed by atoms with van der Waals surface area (Å²) in [6.07, 6.45) is 4.74. The number of hydrogen-bond acceptors (Lipinski definition) is 6. The molecule has 2 saturated heterocycles. The Kier molecular flexibility index (Phi) is 8.13. The molecule has 0 aliphatic carbocycles. The molecular formula is C34H48N4O2. The van der Waals surface area contributed by atoms with Crippen molar-refractivity contribution < 1.29 is 9.05 Å².